The fourth-order valence-corrected chi connectivity index (χ4v) is 4.05. The van der Waals surface area contributed by atoms with Crippen molar-refractivity contribution in [1.82, 2.24) is 9.80 Å². The second-order valence-electron chi connectivity index (χ2n) is 6.71. The molecule has 2 aromatic carbocycles. The normalized spacial score (nSPS) is 16.8. The molecule has 2 heterocycles. The number of carbonyl (C=O) groups is 3. The van der Waals surface area contributed by atoms with Crippen molar-refractivity contribution in [1.29, 1.82) is 0 Å². The van der Waals surface area contributed by atoms with Gasteiger partial charge >= 0.3 is 5.69 Å². The van der Waals surface area contributed by atoms with Crippen LogP contribution in [0.2, 0.25) is 0 Å². The van der Waals surface area contributed by atoms with E-state index in [1.54, 1.807) is 24.3 Å². The Labute approximate surface area is 180 Å². The first-order valence-corrected chi connectivity index (χ1v) is 10.3. The van der Waals surface area contributed by atoms with E-state index < -0.39 is 22.3 Å². The van der Waals surface area contributed by atoms with E-state index in [0.717, 1.165) is 16.7 Å². The van der Waals surface area contributed by atoms with E-state index in [1.165, 1.54) is 23.1 Å². The Bertz CT molecular complexity index is 1030. The first-order chi connectivity index (χ1) is 15.0. The summed E-state index contributed by atoms with van der Waals surface area (Å²) in [5.41, 5.74) is 0.463. The second-order valence-corrected chi connectivity index (χ2v) is 7.63. The van der Waals surface area contributed by atoms with Crippen molar-refractivity contribution in [2.75, 3.05) is 25.6 Å². The van der Waals surface area contributed by atoms with Crippen LogP contribution in [0.3, 0.4) is 0 Å². The Kier molecular flexibility index (Phi) is 5.87. The highest BCUT2D eigenvalue weighted by atomic mass is 32.2. The summed E-state index contributed by atoms with van der Waals surface area (Å²) in [5, 5.41) is 10.7. The predicted octanol–water partition coefficient (Wildman–Crippen LogP) is 2.80. The maximum Gasteiger partial charge on any atom is 0.311 e. The van der Waals surface area contributed by atoms with E-state index >= 15 is 0 Å². The van der Waals surface area contributed by atoms with Crippen LogP contribution in [0.4, 0.5) is 10.5 Å². The first kappa shape index (κ1) is 20.8. The zero-order valence-corrected chi connectivity index (χ0v) is 16.9. The Balaban J connectivity index is 1.46. The lowest BCUT2D eigenvalue weighted by Crippen LogP contribution is -2.42. The molecule has 11 heteroatoms. The predicted molar refractivity (Wildman–Crippen MR) is 109 cm³/mol. The minimum atomic E-state index is -0.912. The molecular weight excluding hydrogens is 426 g/mol. The van der Waals surface area contributed by atoms with Gasteiger partial charge in [0.1, 0.15) is 0 Å². The van der Waals surface area contributed by atoms with Gasteiger partial charge in [-0.2, -0.15) is 0 Å². The molecule has 160 valence electrons. The zero-order valence-electron chi connectivity index (χ0n) is 16.1. The van der Waals surface area contributed by atoms with E-state index in [4.69, 9.17) is 9.47 Å². The van der Waals surface area contributed by atoms with Crippen LogP contribution >= 0.6 is 11.8 Å². The number of imide groups is 1. The molecule has 0 saturated carbocycles. The molecule has 0 N–H and O–H groups in total. The summed E-state index contributed by atoms with van der Waals surface area (Å²) in [4.78, 5) is 50.1. The Morgan fingerprint density at radius 1 is 1.13 bits per heavy atom. The van der Waals surface area contributed by atoms with Crippen molar-refractivity contribution in [3.63, 3.8) is 0 Å². The number of benzene rings is 2. The van der Waals surface area contributed by atoms with Crippen LogP contribution in [0, 0.1) is 10.1 Å². The topological polar surface area (TPSA) is 119 Å². The number of ether oxygens (including phenoxy) is 2. The number of nitrogens with zero attached hydrogens (tertiary/aromatic N) is 3. The number of hydrogen-bond acceptors (Lipinski definition) is 8. The summed E-state index contributed by atoms with van der Waals surface area (Å²) in [6, 6.07) is 13.0. The molecule has 1 unspecified atom stereocenters. The summed E-state index contributed by atoms with van der Waals surface area (Å²) in [7, 11) is 0. The SMILES string of the molecule is O=C1c2cccc([N+](=O)[O-])c2OCN1CCOC(c1ccccc1)N1C(=O)CSC1=O. The van der Waals surface area contributed by atoms with Crippen LogP contribution in [-0.2, 0) is 9.53 Å². The molecule has 2 aromatic rings. The molecule has 1 saturated heterocycles. The smallest absolute Gasteiger partial charge is 0.311 e. The van der Waals surface area contributed by atoms with E-state index in [1.807, 2.05) is 6.07 Å². The van der Waals surface area contributed by atoms with Crippen LogP contribution in [0.1, 0.15) is 22.1 Å². The number of thioether (sulfide) groups is 1. The molecular formula is C20H17N3O7S. The van der Waals surface area contributed by atoms with Crippen LogP contribution in [0.25, 0.3) is 0 Å². The van der Waals surface area contributed by atoms with Crippen molar-refractivity contribution >= 4 is 34.5 Å². The second kappa shape index (κ2) is 8.74. The molecule has 0 bridgehead atoms. The van der Waals surface area contributed by atoms with Gasteiger partial charge < -0.3 is 14.4 Å². The maximum atomic E-state index is 12.7. The monoisotopic (exact) mass is 443 g/mol. The molecule has 0 aliphatic carbocycles. The van der Waals surface area contributed by atoms with Gasteiger partial charge in [-0.05, 0) is 6.07 Å². The Morgan fingerprint density at radius 3 is 2.58 bits per heavy atom. The van der Waals surface area contributed by atoms with Gasteiger partial charge in [-0.15, -0.1) is 0 Å². The highest BCUT2D eigenvalue weighted by molar-refractivity contribution is 8.14. The fraction of sp³-hybridized carbons (Fsp3) is 0.250. The van der Waals surface area contributed by atoms with Gasteiger partial charge in [0.25, 0.3) is 11.1 Å². The lowest BCUT2D eigenvalue weighted by Gasteiger charge is -2.30. The van der Waals surface area contributed by atoms with Crippen LogP contribution in [0.15, 0.2) is 48.5 Å². The summed E-state index contributed by atoms with van der Waals surface area (Å²) >= 11 is 0.912. The molecule has 1 fully saturated rings. The molecule has 3 amide bonds. The van der Waals surface area contributed by atoms with Gasteiger partial charge in [0.15, 0.2) is 13.0 Å². The minimum absolute atomic E-state index is 0.0145. The van der Waals surface area contributed by atoms with Crippen molar-refractivity contribution < 1.29 is 28.8 Å². The van der Waals surface area contributed by atoms with Crippen molar-refractivity contribution in [2.24, 2.45) is 0 Å². The number of para-hydroxylation sites is 1. The molecule has 0 spiro atoms. The standard InChI is InChI=1S/C20H17N3O7S/c24-16-11-31-20(26)22(16)19(13-5-2-1-3-6-13)29-10-9-21-12-30-17-14(18(21)25)7-4-8-15(17)23(27)28/h1-8,19H,9-12H2. The highest BCUT2D eigenvalue weighted by Gasteiger charge is 2.38. The number of carbonyl (C=O) groups excluding carboxylic acids is 3. The number of rotatable bonds is 7. The third-order valence-corrected chi connectivity index (χ3v) is 5.65. The average molecular weight is 443 g/mol. The summed E-state index contributed by atoms with van der Waals surface area (Å²) in [6.45, 7) is -0.0538. The lowest BCUT2D eigenvalue weighted by atomic mass is 10.1. The van der Waals surface area contributed by atoms with Gasteiger partial charge in [0.2, 0.25) is 11.7 Å². The van der Waals surface area contributed by atoms with Gasteiger partial charge in [0.05, 0.1) is 22.8 Å². The molecule has 0 radical (unpaired) electrons. The quantitative estimate of drug-likeness (QED) is 0.473. The van der Waals surface area contributed by atoms with Crippen LogP contribution in [0.5, 0.6) is 5.75 Å². The molecule has 2 aliphatic rings. The summed E-state index contributed by atoms with van der Waals surface area (Å²) in [5.74, 6) is -0.766. The van der Waals surface area contributed by atoms with Crippen molar-refractivity contribution in [2.45, 2.75) is 6.23 Å². The van der Waals surface area contributed by atoms with Gasteiger partial charge in [-0.3, -0.25) is 24.5 Å². The first-order valence-electron chi connectivity index (χ1n) is 9.32. The lowest BCUT2D eigenvalue weighted by molar-refractivity contribution is -0.386. The van der Waals surface area contributed by atoms with Gasteiger partial charge in [-0.1, -0.05) is 48.2 Å². The van der Waals surface area contributed by atoms with E-state index in [9.17, 15) is 24.5 Å². The molecule has 4 rings (SSSR count). The largest absolute Gasteiger partial charge is 0.465 e. The number of hydrogen-bond donors (Lipinski definition) is 0. The third-order valence-electron chi connectivity index (χ3n) is 4.81. The highest BCUT2D eigenvalue weighted by Crippen LogP contribution is 2.35. The number of nitro benzene ring substituents is 1. The Hall–Kier alpha value is -3.44. The maximum absolute atomic E-state index is 12.7. The van der Waals surface area contributed by atoms with Crippen molar-refractivity contribution in [3.05, 3.63) is 69.8 Å². The minimum Gasteiger partial charge on any atom is -0.465 e. The van der Waals surface area contributed by atoms with Crippen LogP contribution in [-0.4, -0.2) is 57.4 Å². The molecule has 1 atom stereocenters. The number of amides is 3. The fourth-order valence-electron chi connectivity index (χ4n) is 3.33. The molecule has 31 heavy (non-hydrogen) atoms. The van der Waals surface area contributed by atoms with E-state index in [2.05, 4.69) is 0 Å². The number of fused-ring (bicyclic) bond motifs is 1. The van der Waals surface area contributed by atoms with E-state index in [0.29, 0.717) is 5.56 Å². The third kappa shape index (κ3) is 4.09. The van der Waals surface area contributed by atoms with Gasteiger partial charge in [0, 0.05) is 18.2 Å². The molecule has 10 nitrogen and oxygen atoms in total. The number of nitro groups is 1. The molecule has 2 aliphatic heterocycles. The summed E-state index contributed by atoms with van der Waals surface area (Å²) in [6.07, 6.45) is -0.912. The van der Waals surface area contributed by atoms with Gasteiger partial charge in [-0.25, -0.2) is 4.90 Å². The van der Waals surface area contributed by atoms with Crippen LogP contribution < -0.4 is 4.74 Å². The van der Waals surface area contributed by atoms with Crippen molar-refractivity contribution in [3.8, 4) is 5.75 Å². The zero-order chi connectivity index (χ0) is 22.0. The van der Waals surface area contributed by atoms with E-state index in [-0.39, 0.29) is 48.5 Å². The molecule has 0 aromatic heterocycles. The average Bonchev–Trinajstić information content (AvgIpc) is 3.11. The Morgan fingerprint density at radius 2 is 1.90 bits per heavy atom. The summed E-state index contributed by atoms with van der Waals surface area (Å²) < 4.78 is 11.3.